The summed E-state index contributed by atoms with van der Waals surface area (Å²) < 4.78 is 44.9. The van der Waals surface area contributed by atoms with Crippen molar-refractivity contribution < 1.29 is 22.5 Å². The van der Waals surface area contributed by atoms with Crippen LogP contribution >= 0.6 is 0 Å². The summed E-state index contributed by atoms with van der Waals surface area (Å²) in [6.07, 6.45) is 0. The third-order valence-electron chi connectivity index (χ3n) is 2.77. The monoisotopic (exact) mass is 286 g/mol. The maximum Gasteiger partial charge on any atom is 0.370 e. The van der Waals surface area contributed by atoms with E-state index in [1.165, 1.54) is 14.0 Å². The molecular formula is C12H9F3N2O3. The van der Waals surface area contributed by atoms with Crippen molar-refractivity contribution in [2.75, 3.05) is 5.32 Å². The highest BCUT2D eigenvalue weighted by Crippen LogP contribution is 2.20. The quantitative estimate of drug-likeness (QED) is 0.858. The van der Waals surface area contributed by atoms with E-state index in [4.69, 9.17) is 0 Å². The fourth-order valence-corrected chi connectivity index (χ4v) is 1.61. The van der Waals surface area contributed by atoms with Crippen molar-refractivity contribution >= 4 is 11.6 Å². The first-order valence-electron chi connectivity index (χ1n) is 5.44. The van der Waals surface area contributed by atoms with E-state index in [-0.39, 0.29) is 11.3 Å². The summed E-state index contributed by atoms with van der Waals surface area (Å²) in [5, 5.41) is 2.00. The van der Waals surface area contributed by atoms with Crippen LogP contribution in [0, 0.1) is 24.4 Å². The third kappa shape index (κ3) is 2.20. The fourth-order valence-electron chi connectivity index (χ4n) is 1.61. The minimum absolute atomic E-state index is 0.218. The number of nitrogens with zero attached hydrogens (tertiary/aromatic N) is 1. The predicted octanol–water partition coefficient (Wildman–Crippen LogP) is 1.96. The van der Waals surface area contributed by atoms with Crippen molar-refractivity contribution in [1.29, 1.82) is 0 Å². The fraction of sp³-hybridized carbons (Fsp3) is 0.167. The van der Waals surface area contributed by atoms with E-state index in [0.717, 1.165) is 10.8 Å². The number of amides is 1. The second-order valence-electron chi connectivity index (χ2n) is 4.01. The molecule has 20 heavy (non-hydrogen) atoms. The van der Waals surface area contributed by atoms with Gasteiger partial charge in [0, 0.05) is 7.05 Å². The summed E-state index contributed by atoms with van der Waals surface area (Å²) in [5.74, 6) is -5.60. The van der Waals surface area contributed by atoms with Crippen LogP contribution in [0.25, 0.3) is 0 Å². The van der Waals surface area contributed by atoms with E-state index < -0.39 is 34.7 Å². The van der Waals surface area contributed by atoms with Crippen LogP contribution < -0.4 is 10.9 Å². The third-order valence-corrected chi connectivity index (χ3v) is 2.77. The molecule has 0 spiro atoms. The van der Waals surface area contributed by atoms with Gasteiger partial charge in [0.05, 0.1) is 11.4 Å². The van der Waals surface area contributed by atoms with Gasteiger partial charge in [-0.1, -0.05) is 0 Å². The molecule has 2 rings (SSSR count). The molecular weight excluding hydrogens is 277 g/mol. The zero-order valence-electron chi connectivity index (χ0n) is 10.5. The van der Waals surface area contributed by atoms with Gasteiger partial charge in [-0.05, 0) is 19.1 Å². The summed E-state index contributed by atoms with van der Waals surface area (Å²) in [6.45, 7) is 1.45. The molecule has 1 N–H and O–H groups in total. The van der Waals surface area contributed by atoms with Crippen molar-refractivity contribution in [3.63, 3.8) is 0 Å². The maximum atomic E-state index is 13.4. The molecule has 0 saturated heterocycles. The smallest absolute Gasteiger partial charge is 0.336 e. The van der Waals surface area contributed by atoms with Gasteiger partial charge in [-0.3, -0.25) is 4.79 Å². The van der Waals surface area contributed by atoms with E-state index in [1.54, 1.807) is 0 Å². The molecule has 5 nitrogen and oxygen atoms in total. The van der Waals surface area contributed by atoms with Gasteiger partial charge in [0.15, 0.2) is 17.5 Å². The summed E-state index contributed by atoms with van der Waals surface area (Å²) in [5.41, 5.74) is -1.60. The maximum absolute atomic E-state index is 13.4. The lowest BCUT2D eigenvalue weighted by Gasteiger charge is -2.06. The minimum Gasteiger partial charge on any atom is -0.336 e. The van der Waals surface area contributed by atoms with Crippen molar-refractivity contribution in [3.05, 3.63) is 51.3 Å². The molecule has 0 unspecified atom stereocenters. The number of hydrogen-bond donors (Lipinski definition) is 1. The number of carbonyl (C=O) groups excluding carboxylic acids is 1. The number of carbonyl (C=O) groups is 1. The average Bonchev–Trinajstić information content (AvgIpc) is 2.64. The Morgan fingerprint density at radius 1 is 1.25 bits per heavy atom. The van der Waals surface area contributed by atoms with Crippen LogP contribution in [0.2, 0.25) is 0 Å². The highest BCUT2D eigenvalue weighted by molar-refractivity contribution is 6.04. The summed E-state index contributed by atoms with van der Waals surface area (Å²) >= 11 is 0. The molecule has 8 heteroatoms. The highest BCUT2D eigenvalue weighted by Gasteiger charge is 2.22. The number of aromatic nitrogens is 1. The predicted molar refractivity (Wildman–Crippen MR) is 63.0 cm³/mol. The largest absolute Gasteiger partial charge is 0.370 e. The van der Waals surface area contributed by atoms with Crippen molar-refractivity contribution in [2.45, 2.75) is 6.92 Å². The first-order chi connectivity index (χ1) is 9.32. The Morgan fingerprint density at radius 2 is 1.90 bits per heavy atom. The van der Waals surface area contributed by atoms with E-state index in [9.17, 15) is 22.8 Å². The van der Waals surface area contributed by atoms with Gasteiger partial charge in [-0.15, -0.1) is 0 Å². The Hall–Kier alpha value is -2.51. The summed E-state index contributed by atoms with van der Waals surface area (Å²) in [7, 11) is 1.41. The van der Waals surface area contributed by atoms with Gasteiger partial charge in [0.25, 0.3) is 5.91 Å². The molecule has 1 aromatic heterocycles. The number of aryl methyl sites for hydroxylation is 1. The van der Waals surface area contributed by atoms with Crippen LogP contribution in [-0.2, 0) is 7.05 Å². The molecule has 0 saturated carbocycles. The van der Waals surface area contributed by atoms with Crippen LogP contribution in [0.15, 0.2) is 21.5 Å². The Balaban J connectivity index is 2.38. The Kier molecular flexibility index (Phi) is 3.39. The van der Waals surface area contributed by atoms with Gasteiger partial charge >= 0.3 is 5.63 Å². The Labute approximate surface area is 110 Å². The Bertz CT molecular complexity index is 749. The van der Waals surface area contributed by atoms with Gasteiger partial charge in [0.1, 0.15) is 5.56 Å². The zero-order chi connectivity index (χ0) is 15.0. The number of hydrogen-bond acceptors (Lipinski definition) is 3. The molecule has 0 radical (unpaired) electrons. The van der Waals surface area contributed by atoms with E-state index >= 15 is 0 Å². The zero-order valence-corrected chi connectivity index (χ0v) is 10.5. The summed E-state index contributed by atoms with van der Waals surface area (Å²) in [4.78, 5) is 23.3. The molecule has 0 bridgehead atoms. The first-order valence-corrected chi connectivity index (χ1v) is 5.44. The SMILES string of the molecule is Cc1c(C(=O)Nc2ccc(F)c(F)c2F)c(=O)on1C. The molecule has 1 heterocycles. The molecule has 106 valence electrons. The molecule has 0 fully saturated rings. The molecule has 0 atom stereocenters. The number of benzene rings is 1. The topological polar surface area (TPSA) is 64.2 Å². The number of halogens is 3. The number of anilines is 1. The molecule has 0 aliphatic carbocycles. The van der Waals surface area contributed by atoms with Crippen LogP contribution in [0.5, 0.6) is 0 Å². The van der Waals surface area contributed by atoms with Crippen LogP contribution in [0.3, 0.4) is 0 Å². The van der Waals surface area contributed by atoms with Gasteiger partial charge in [-0.2, -0.15) is 0 Å². The van der Waals surface area contributed by atoms with Gasteiger partial charge in [-0.25, -0.2) is 22.7 Å². The highest BCUT2D eigenvalue weighted by atomic mass is 19.2. The van der Waals surface area contributed by atoms with Crippen molar-refractivity contribution in [2.24, 2.45) is 7.05 Å². The average molecular weight is 286 g/mol. The van der Waals surface area contributed by atoms with Crippen molar-refractivity contribution in [3.8, 4) is 0 Å². The van der Waals surface area contributed by atoms with E-state index in [1.807, 2.05) is 5.32 Å². The van der Waals surface area contributed by atoms with Crippen LogP contribution in [0.1, 0.15) is 16.1 Å². The lowest BCUT2D eigenvalue weighted by molar-refractivity contribution is 0.102. The second kappa shape index (κ2) is 4.87. The summed E-state index contributed by atoms with van der Waals surface area (Å²) in [6, 6.07) is 1.51. The minimum atomic E-state index is -1.71. The van der Waals surface area contributed by atoms with Crippen LogP contribution in [-0.4, -0.2) is 10.6 Å². The lowest BCUT2D eigenvalue weighted by Crippen LogP contribution is -2.20. The number of nitrogens with one attached hydrogen (secondary N) is 1. The Morgan fingerprint density at radius 3 is 2.45 bits per heavy atom. The number of rotatable bonds is 2. The molecule has 0 aliphatic rings. The molecule has 0 aliphatic heterocycles. The van der Waals surface area contributed by atoms with E-state index in [2.05, 4.69) is 4.52 Å². The standard InChI is InChI=1S/C12H9F3N2O3/c1-5-8(12(19)20-17(5)2)11(18)16-7-4-3-6(13)9(14)10(7)15/h3-4H,1-2H3,(H,16,18). The molecule has 1 aromatic carbocycles. The normalized spacial score (nSPS) is 10.7. The first kappa shape index (κ1) is 13.9. The van der Waals surface area contributed by atoms with Crippen molar-refractivity contribution in [1.82, 2.24) is 4.74 Å². The lowest BCUT2D eigenvalue weighted by atomic mass is 10.2. The second-order valence-corrected chi connectivity index (χ2v) is 4.01. The molecule has 2 aromatic rings. The van der Waals surface area contributed by atoms with Crippen LogP contribution in [0.4, 0.5) is 18.9 Å². The molecule has 1 amide bonds. The van der Waals surface area contributed by atoms with Gasteiger partial charge in [0.2, 0.25) is 0 Å². The van der Waals surface area contributed by atoms with Gasteiger partial charge < -0.3 is 9.84 Å². The van der Waals surface area contributed by atoms with E-state index in [0.29, 0.717) is 6.07 Å².